The highest BCUT2D eigenvalue weighted by atomic mass is 16.5. The number of aromatic nitrogens is 1. The first-order chi connectivity index (χ1) is 13.6. The number of hydrogen-bond acceptors (Lipinski definition) is 6. The first kappa shape index (κ1) is 18.8. The molecule has 2 aromatic rings. The Hall–Kier alpha value is -2.54. The molecule has 4 rings (SSSR count). The molecule has 1 aliphatic heterocycles. The van der Waals surface area contributed by atoms with Gasteiger partial charge in [0.25, 0.3) is 5.91 Å². The molecule has 2 atom stereocenters. The summed E-state index contributed by atoms with van der Waals surface area (Å²) in [6.07, 6.45) is 2.25. The minimum Gasteiger partial charge on any atom is -0.493 e. The third kappa shape index (κ3) is 3.85. The van der Waals surface area contributed by atoms with E-state index in [2.05, 4.69) is 22.3 Å². The zero-order chi connectivity index (χ0) is 19.7. The summed E-state index contributed by atoms with van der Waals surface area (Å²) < 4.78 is 16.2. The third-order valence-electron chi connectivity index (χ3n) is 5.62. The van der Waals surface area contributed by atoms with Crippen LogP contribution in [-0.4, -0.2) is 49.3 Å². The van der Waals surface area contributed by atoms with Gasteiger partial charge in [-0.1, -0.05) is 24.2 Å². The van der Waals surface area contributed by atoms with Crippen molar-refractivity contribution in [2.75, 3.05) is 27.3 Å². The largest absolute Gasteiger partial charge is 0.493 e. The van der Waals surface area contributed by atoms with E-state index in [4.69, 9.17) is 14.0 Å². The molecule has 2 aliphatic rings. The molecular formula is C21H27N3O4. The second-order valence-electron chi connectivity index (χ2n) is 7.79. The number of methoxy groups -OCH3 is 2. The first-order valence-electron chi connectivity index (χ1n) is 9.78. The van der Waals surface area contributed by atoms with Gasteiger partial charge >= 0.3 is 0 Å². The number of carbonyl (C=O) groups excluding carboxylic acids is 1. The Morgan fingerprint density at radius 2 is 2.11 bits per heavy atom. The number of benzene rings is 1. The summed E-state index contributed by atoms with van der Waals surface area (Å²) >= 11 is 0. The number of para-hydroxylation sites is 1. The van der Waals surface area contributed by atoms with Crippen molar-refractivity contribution < 1.29 is 18.8 Å². The lowest BCUT2D eigenvalue weighted by Crippen LogP contribution is -2.40. The number of ether oxygens (including phenoxy) is 2. The van der Waals surface area contributed by atoms with E-state index < -0.39 is 0 Å². The van der Waals surface area contributed by atoms with E-state index in [0.717, 1.165) is 55.3 Å². The summed E-state index contributed by atoms with van der Waals surface area (Å²) in [6, 6.07) is 7.77. The second-order valence-corrected chi connectivity index (χ2v) is 7.79. The Morgan fingerprint density at radius 3 is 2.82 bits per heavy atom. The molecule has 1 aromatic carbocycles. The lowest BCUT2D eigenvalue weighted by atomic mass is 10.1. The molecular weight excluding hydrogens is 358 g/mol. The van der Waals surface area contributed by atoms with Crippen molar-refractivity contribution in [3.8, 4) is 11.5 Å². The average Bonchev–Trinajstić information content (AvgIpc) is 3.32. The Balaban J connectivity index is 1.38. The number of likely N-dealkylation sites (tertiary alicyclic amines) is 1. The average molecular weight is 385 g/mol. The molecule has 1 amide bonds. The van der Waals surface area contributed by atoms with Gasteiger partial charge in [-0.15, -0.1) is 0 Å². The van der Waals surface area contributed by atoms with Crippen LogP contribution >= 0.6 is 0 Å². The van der Waals surface area contributed by atoms with Gasteiger partial charge in [0.1, 0.15) is 5.76 Å². The van der Waals surface area contributed by atoms with Crippen LogP contribution in [0.3, 0.4) is 0 Å². The molecule has 7 nitrogen and oxygen atoms in total. The van der Waals surface area contributed by atoms with Crippen LogP contribution in [0.2, 0.25) is 0 Å². The molecule has 150 valence electrons. The first-order valence-corrected chi connectivity index (χ1v) is 9.78. The van der Waals surface area contributed by atoms with Crippen molar-refractivity contribution in [3.05, 3.63) is 41.3 Å². The molecule has 1 saturated heterocycles. The Bertz CT molecular complexity index is 846. The summed E-state index contributed by atoms with van der Waals surface area (Å²) in [5.74, 6) is 2.96. The zero-order valence-corrected chi connectivity index (χ0v) is 16.6. The maximum Gasteiger partial charge on any atom is 0.273 e. The van der Waals surface area contributed by atoms with Gasteiger partial charge in [0.15, 0.2) is 17.2 Å². The van der Waals surface area contributed by atoms with Crippen LogP contribution in [0.5, 0.6) is 11.5 Å². The Kier molecular flexibility index (Phi) is 5.26. The van der Waals surface area contributed by atoms with Crippen molar-refractivity contribution in [1.29, 1.82) is 0 Å². The van der Waals surface area contributed by atoms with E-state index in [9.17, 15) is 4.79 Å². The van der Waals surface area contributed by atoms with Gasteiger partial charge in [0.05, 0.1) is 14.2 Å². The van der Waals surface area contributed by atoms with Crippen molar-refractivity contribution in [3.63, 3.8) is 0 Å². The molecule has 1 saturated carbocycles. The molecule has 1 aliphatic carbocycles. The summed E-state index contributed by atoms with van der Waals surface area (Å²) in [5, 5.41) is 7.07. The van der Waals surface area contributed by atoms with Crippen LogP contribution in [0.25, 0.3) is 0 Å². The minimum absolute atomic E-state index is 0.0742. The fourth-order valence-electron chi connectivity index (χ4n) is 3.90. The third-order valence-corrected chi connectivity index (χ3v) is 5.62. The maximum absolute atomic E-state index is 12.6. The molecule has 1 N–H and O–H groups in total. The topological polar surface area (TPSA) is 76.8 Å². The Morgan fingerprint density at radius 1 is 1.29 bits per heavy atom. The van der Waals surface area contributed by atoms with Gasteiger partial charge in [0.2, 0.25) is 0 Å². The number of rotatable bonds is 7. The summed E-state index contributed by atoms with van der Waals surface area (Å²) in [5.41, 5.74) is 1.45. The lowest BCUT2D eigenvalue weighted by Gasteiger charge is -2.19. The standard InChI is InChI=1S/C21H27N3O4/c1-13-10-24(11-15-5-4-6-18(26-2)20(15)27-3)12-17(13)22-21(25)16-9-19(28-23-16)14-7-8-14/h4-6,9,13-14,17H,7-8,10-12H2,1-3H3,(H,22,25). The molecule has 7 heteroatoms. The van der Waals surface area contributed by atoms with Crippen LogP contribution in [-0.2, 0) is 6.54 Å². The van der Waals surface area contributed by atoms with E-state index >= 15 is 0 Å². The van der Waals surface area contributed by atoms with Crippen molar-refractivity contribution in [1.82, 2.24) is 15.4 Å². The molecule has 28 heavy (non-hydrogen) atoms. The van der Waals surface area contributed by atoms with Crippen LogP contribution < -0.4 is 14.8 Å². The summed E-state index contributed by atoms with van der Waals surface area (Å²) in [7, 11) is 3.30. The van der Waals surface area contributed by atoms with E-state index in [-0.39, 0.29) is 11.9 Å². The van der Waals surface area contributed by atoms with Gasteiger partial charge in [-0.2, -0.15) is 0 Å². The smallest absolute Gasteiger partial charge is 0.273 e. The molecule has 2 unspecified atom stereocenters. The minimum atomic E-state index is -0.159. The molecule has 2 fully saturated rings. The highest BCUT2D eigenvalue weighted by molar-refractivity contribution is 5.92. The van der Waals surface area contributed by atoms with E-state index in [1.165, 1.54) is 0 Å². The highest BCUT2D eigenvalue weighted by Crippen LogP contribution is 2.40. The van der Waals surface area contributed by atoms with E-state index in [1.807, 2.05) is 18.2 Å². The fraction of sp³-hybridized carbons (Fsp3) is 0.524. The van der Waals surface area contributed by atoms with Gasteiger partial charge in [-0.3, -0.25) is 9.69 Å². The fourth-order valence-corrected chi connectivity index (χ4v) is 3.90. The van der Waals surface area contributed by atoms with Gasteiger partial charge < -0.3 is 19.3 Å². The molecule has 0 spiro atoms. The van der Waals surface area contributed by atoms with Crippen molar-refractivity contribution >= 4 is 5.91 Å². The van der Waals surface area contributed by atoms with Gasteiger partial charge in [-0.25, -0.2) is 0 Å². The van der Waals surface area contributed by atoms with E-state index in [0.29, 0.717) is 17.5 Å². The lowest BCUT2D eigenvalue weighted by molar-refractivity contribution is 0.0922. The van der Waals surface area contributed by atoms with Crippen LogP contribution in [0.1, 0.15) is 47.5 Å². The summed E-state index contributed by atoms with van der Waals surface area (Å²) in [6.45, 7) is 4.58. The van der Waals surface area contributed by atoms with Gasteiger partial charge in [-0.05, 0) is 24.8 Å². The number of amides is 1. The number of hydrogen-bond donors (Lipinski definition) is 1. The van der Waals surface area contributed by atoms with Crippen LogP contribution in [0.15, 0.2) is 28.8 Å². The summed E-state index contributed by atoms with van der Waals surface area (Å²) in [4.78, 5) is 14.9. The predicted molar refractivity (Wildman–Crippen MR) is 104 cm³/mol. The van der Waals surface area contributed by atoms with Crippen LogP contribution in [0, 0.1) is 5.92 Å². The quantitative estimate of drug-likeness (QED) is 0.790. The monoisotopic (exact) mass is 385 g/mol. The highest BCUT2D eigenvalue weighted by Gasteiger charge is 2.33. The number of nitrogens with zero attached hydrogens (tertiary/aromatic N) is 2. The Labute approximate surface area is 165 Å². The van der Waals surface area contributed by atoms with E-state index in [1.54, 1.807) is 20.3 Å². The van der Waals surface area contributed by atoms with Crippen molar-refractivity contribution in [2.45, 2.75) is 38.3 Å². The normalized spacial score (nSPS) is 22.2. The predicted octanol–water partition coefficient (Wildman–Crippen LogP) is 2.82. The molecule has 0 bridgehead atoms. The number of carbonyl (C=O) groups is 1. The number of nitrogens with one attached hydrogen (secondary N) is 1. The van der Waals surface area contributed by atoms with Gasteiger partial charge in [0, 0.05) is 43.2 Å². The maximum atomic E-state index is 12.6. The van der Waals surface area contributed by atoms with Crippen LogP contribution in [0.4, 0.5) is 0 Å². The molecule has 2 heterocycles. The second kappa shape index (κ2) is 7.83. The zero-order valence-electron chi connectivity index (χ0n) is 16.6. The molecule has 0 radical (unpaired) electrons. The molecule has 1 aromatic heterocycles. The van der Waals surface area contributed by atoms with Crippen molar-refractivity contribution in [2.24, 2.45) is 5.92 Å². The SMILES string of the molecule is COc1cccc(CN2CC(C)C(NC(=O)c3cc(C4CC4)on3)C2)c1OC.